The minimum Gasteiger partial charge on any atom is -0.352 e. The number of nitrogens with zero attached hydrogens (tertiary/aromatic N) is 1. The maximum Gasteiger partial charge on any atom is 0.312 e. The van der Waals surface area contributed by atoms with Crippen molar-refractivity contribution in [3.8, 4) is 0 Å². The van der Waals surface area contributed by atoms with E-state index in [1.807, 2.05) is 38.1 Å². The van der Waals surface area contributed by atoms with Crippen LogP contribution in [0.15, 0.2) is 48.5 Å². The summed E-state index contributed by atoms with van der Waals surface area (Å²) in [5.41, 5.74) is 11.4. The van der Waals surface area contributed by atoms with Crippen LogP contribution in [-0.4, -0.2) is 18.5 Å². The minimum atomic E-state index is -0.575. The molecule has 0 aliphatic heterocycles. The minimum absolute atomic E-state index is 0.188. The average Bonchev–Trinajstić information content (AvgIpc) is 2.59. The number of hydrogen-bond acceptors (Lipinski definition) is 3. The first-order valence-electron chi connectivity index (χ1n) is 7.77. The molecule has 0 aliphatic rings. The van der Waals surface area contributed by atoms with E-state index in [2.05, 4.69) is 10.7 Å². The Morgan fingerprint density at radius 3 is 2.21 bits per heavy atom. The van der Waals surface area contributed by atoms with E-state index in [1.54, 1.807) is 29.3 Å². The Kier molecular flexibility index (Phi) is 5.78. The van der Waals surface area contributed by atoms with Gasteiger partial charge < -0.3 is 11.1 Å². The van der Waals surface area contributed by atoms with Gasteiger partial charge in [-0.1, -0.05) is 29.8 Å². The molecule has 0 aromatic heterocycles. The van der Waals surface area contributed by atoms with Crippen LogP contribution in [0.1, 0.15) is 28.4 Å². The Labute approximate surface area is 141 Å². The van der Waals surface area contributed by atoms with Crippen LogP contribution in [-0.2, 0) is 6.54 Å². The van der Waals surface area contributed by atoms with Crippen molar-refractivity contribution in [1.29, 1.82) is 0 Å². The van der Waals surface area contributed by atoms with Crippen LogP contribution in [0.25, 0.3) is 0 Å². The van der Waals surface area contributed by atoms with Gasteiger partial charge in [-0.15, -0.1) is 0 Å². The molecule has 0 unspecified atom stereocenters. The smallest absolute Gasteiger partial charge is 0.312 e. The van der Waals surface area contributed by atoms with E-state index in [0.29, 0.717) is 18.7 Å². The average molecular weight is 326 g/mol. The van der Waals surface area contributed by atoms with E-state index in [4.69, 9.17) is 5.73 Å². The van der Waals surface area contributed by atoms with E-state index >= 15 is 0 Å². The van der Waals surface area contributed by atoms with Gasteiger partial charge in [-0.05, 0) is 43.7 Å². The van der Waals surface area contributed by atoms with Gasteiger partial charge in [0.05, 0.1) is 5.69 Å². The maximum atomic E-state index is 12.4. The SMILES string of the molecule is CCN(NC(=O)c1ccc(CNC(N)=O)cc1)c1ccc(C)cc1. The lowest BCUT2D eigenvalue weighted by molar-refractivity contribution is 0.0949. The maximum absolute atomic E-state index is 12.4. The molecule has 2 aromatic rings. The van der Waals surface area contributed by atoms with Crippen molar-refractivity contribution in [2.45, 2.75) is 20.4 Å². The molecule has 0 heterocycles. The molecule has 0 saturated heterocycles. The lowest BCUT2D eigenvalue weighted by Crippen LogP contribution is -2.42. The number of hydrazine groups is 1. The predicted molar refractivity (Wildman–Crippen MR) is 94.5 cm³/mol. The second-order valence-corrected chi connectivity index (χ2v) is 5.44. The molecule has 6 heteroatoms. The summed E-state index contributed by atoms with van der Waals surface area (Å²) in [5.74, 6) is -0.188. The number of urea groups is 1. The molecule has 0 radical (unpaired) electrons. The number of benzene rings is 2. The van der Waals surface area contributed by atoms with Crippen molar-refractivity contribution in [1.82, 2.24) is 10.7 Å². The fraction of sp³-hybridized carbons (Fsp3) is 0.222. The third-order valence-electron chi connectivity index (χ3n) is 3.58. The summed E-state index contributed by atoms with van der Waals surface area (Å²) in [6.07, 6.45) is 0. The Morgan fingerprint density at radius 2 is 1.67 bits per heavy atom. The fourth-order valence-corrected chi connectivity index (χ4v) is 2.20. The van der Waals surface area contributed by atoms with Crippen molar-refractivity contribution in [2.24, 2.45) is 5.73 Å². The summed E-state index contributed by atoms with van der Waals surface area (Å²) in [7, 11) is 0. The number of nitrogens with one attached hydrogen (secondary N) is 2. The van der Waals surface area contributed by atoms with Crippen LogP contribution in [0, 0.1) is 6.92 Å². The van der Waals surface area contributed by atoms with Crippen LogP contribution < -0.4 is 21.5 Å². The van der Waals surface area contributed by atoms with Gasteiger partial charge in [0.1, 0.15) is 0 Å². The highest BCUT2D eigenvalue weighted by molar-refractivity contribution is 5.95. The third-order valence-corrected chi connectivity index (χ3v) is 3.58. The van der Waals surface area contributed by atoms with Crippen LogP contribution in [0.3, 0.4) is 0 Å². The van der Waals surface area contributed by atoms with E-state index in [1.165, 1.54) is 5.56 Å². The topological polar surface area (TPSA) is 87.5 Å². The Morgan fingerprint density at radius 1 is 1.04 bits per heavy atom. The van der Waals surface area contributed by atoms with E-state index in [0.717, 1.165) is 11.3 Å². The van der Waals surface area contributed by atoms with Crippen LogP contribution in [0.4, 0.5) is 10.5 Å². The molecular formula is C18H22N4O2. The molecular weight excluding hydrogens is 304 g/mol. The summed E-state index contributed by atoms with van der Waals surface area (Å²) in [5, 5.41) is 4.30. The number of carbonyl (C=O) groups is 2. The molecule has 0 fully saturated rings. The first-order chi connectivity index (χ1) is 11.5. The summed E-state index contributed by atoms with van der Waals surface area (Å²) in [6.45, 7) is 4.98. The number of anilines is 1. The van der Waals surface area contributed by atoms with Crippen LogP contribution >= 0.6 is 0 Å². The van der Waals surface area contributed by atoms with Gasteiger partial charge in [-0.25, -0.2) is 4.79 Å². The predicted octanol–water partition coefficient (Wildman–Crippen LogP) is 2.33. The van der Waals surface area contributed by atoms with Gasteiger partial charge in [0.25, 0.3) is 5.91 Å². The van der Waals surface area contributed by atoms with Crippen molar-refractivity contribution >= 4 is 17.6 Å². The monoisotopic (exact) mass is 326 g/mol. The fourth-order valence-electron chi connectivity index (χ4n) is 2.20. The zero-order valence-corrected chi connectivity index (χ0v) is 13.9. The van der Waals surface area contributed by atoms with Gasteiger partial charge in [0, 0.05) is 18.7 Å². The van der Waals surface area contributed by atoms with Crippen molar-refractivity contribution in [3.05, 3.63) is 65.2 Å². The molecule has 4 N–H and O–H groups in total. The summed E-state index contributed by atoms with van der Waals surface area (Å²) in [4.78, 5) is 23.1. The molecule has 126 valence electrons. The van der Waals surface area contributed by atoms with Crippen LogP contribution in [0.5, 0.6) is 0 Å². The number of nitrogens with two attached hydrogens (primary N) is 1. The summed E-state index contributed by atoms with van der Waals surface area (Å²) >= 11 is 0. The quantitative estimate of drug-likeness (QED) is 0.712. The lowest BCUT2D eigenvalue weighted by Gasteiger charge is -2.24. The second kappa shape index (κ2) is 8.01. The molecule has 2 rings (SSSR count). The third kappa shape index (κ3) is 4.74. The normalized spacial score (nSPS) is 10.1. The molecule has 0 saturated carbocycles. The summed E-state index contributed by atoms with van der Waals surface area (Å²) < 4.78 is 0. The van der Waals surface area contributed by atoms with Gasteiger partial charge in [0.2, 0.25) is 0 Å². The highest BCUT2D eigenvalue weighted by atomic mass is 16.2. The molecule has 0 atom stereocenters. The molecule has 0 aliphatic carbocycles. The molecule has 0 bridgehead atoms. The van der Waals surface area contributed by atoms with Crippen molar-refractivity contribution in [3.63, 3.8) is 0 Å². The van der Waals surface area contributed by atoms with Gasteiger partial charge in [0.15, 0.2) is 0 Å². The molecule has 24 heavy (non-hydrogen) atoms. The largest absolute Gasteiger partial charge is 0.352 e. The number of rotatable bonds is 6. The molecule has 3 amide bonds. The number of hydrogen-bond donors (Lipinski definition) is 3. The van der Waals surface area contributed by atoms with Gasteiger partial charge in [-0.2, -0.15) is 0 Å². The second-order valence-electron chi connectivity index (χ2n) is 5.44. The number of primary amides is 1. The molecule has 0 spiro atoms. The zero-order chi connectivity index (χ0) is 17.5. The standard InChI is InChI=1S/C18H22N4O2/c1-3-22(16-10-4-13(2)5-11-16)21-17(23)15-8-6-14(7-9-15)12-20-18(19)24/h4-11H,3,12H2,1-2H3,(H,21,23)(H3,19,20,24). The number of aryl methyl sites for hydroxylation is 1. The summed E-state index contributed by atoms with van der Waals surface area (Å²) in [6, 6.07) is 14.4. The first kappa shape index (κ1) is 17.3. The van der Waals surface area contributed by atoms with Crippen LogP contribution in [0.2, 0.25) is 0 Å². The van der Waals surface area contributed by atoms with Gasteiger partial charge in [-0.3, -0.25) is 15.2 Å². The van der Waals surface area contributed by atoms with Crippen molar-refractivity contribution in [2.75, 3.05) is 11.6 Å². The Balaban J connectivity index is 2.02. The first-order valence-corrected chi connectivity index (χ1v) is 7.77. The Hall–Kier alpha value is -3.02. The number of amides is 3. The zero-order valence-electron chi connectivity index (χ0n) is 13.9. The molecule has 2 aromatic carbocycles. The lowest BCUT2D eigenvalue weighted by atomic mass is 10.1. The van der Waals surface area contributed by atoms with Crippen molar-refractivity contribution < 1.29 is 9.59 Å². The van der Waals surface area contributed by atoms with E-state index in [-0.39, 0.29) is 5.91 Å². The van der Waals surface area contributed by atoms with Gasteiger partial charge >= 0.3 is 6.03 Å². The highest BCUT2D eigenvalue weighted by Gasteiger charge is 2.10. The Bertz CT molecular complexity index is 696. The highest BCUT2D eigenvalue weighted by Crippen LogP contribution is 2.13. The number of carbonyl (C=O) groups excluding carboxylic acids is 2. The molecule has 6 nitrogen and oxygen atoms in total. The van der Waals surface area contributed by atoms with E-state index in [9.17, 15) is 9.59 Å². The van der Waals surface area contributed by atoms with E-state index < -0.39 is 6.03 Å².